The highest BCUT2D eigenvalue weighted by molar-refractivity contribution is 8.27. The standard InChI is InChI=1S/C17H16N2OS2/c1-11-6-4-8-14(12(11)2)19-16(20)15(22-17(19)21)10-13-7-5-9-18(13)3/h4-10H,1-3H3. The maximum atomic E-state index is 12.8. The van der Waals surface area contributed by atoms with Crippen molar-refractivity contribution in [1.82, 2.24) is 4.57 Å². The van der Waals surface area contributed by atoms with Crippen molar-refractivity contribution >= 4 is 46.0 Å². The number of thioether (sulfide) groups is 1. The second-order valence-corrected chi connectivity index (χ2v) is 6.96. The lowest BCUT2D eigenvalue weighted by Gasteiger charge is -2.18. The van der Waals surface area contributed by atoms with E-state index in [0.29, 0.717) is 9.23 Å². The first kappa shape index (κ1) is 15.1. The second-order valence-electron chi connectivity index (χ2n) is 5.28. The molecule has 0 atom stereocenters. The maximum absolute atomic E-state index is 12.8. The van der Waals surface area contributed by atoms with Crippen molar-refractivity contribution in [3.05, 3.63) is 58.3 Å². The molecule has 1 fully saturated rings. The number of anilines is 1. The number of thiocarbonyl (C=S) groups is 1. The number of rotatable bonds is 2. The summed E-state index contributed by atoms with van der Waals surface area (Å²) < 4.78 is 2.56. The molecule has 0 saturated carbocycles. The molecular weight excluding hydrogens is 312 g/mol. The molecule has 2 heterocycles. The van der Waals surface area contributed by atoms with E-state index in [1.807, 2.05) is 68.1 Å². The van der Waals surface area contributed by atoms with Crippen LogP contribution in [0.1, 0.15) is 16.8 Å². The number of hydrogen-bond donors (Lipinski definition) is 0. The topological polar surface area (TPSA) is 25.2 Å². The van der Waals surface area contributed by atoms with Crippen LogP contribution in [0.3, 0.4) is 0 Å². The summed E-state index contributed by atoms with van der Waals surface area (Å²) in [5.41, 5.74) is 4.09. The zero-order valence-corrected chi connectivity index (χ0v) is 14.3. The lowest BCUT2D eigenvalue weighted by molar-refractivity contribution is -0.113. The van der Waals surface area contributed by atoms with Crippen LogP contribution in [-0.4, -0.2) is 14.8 Å². The first-order valence-electron chi connectivity index (χ1n) is 6.94. The van der Waals surface area contributed by atoms with Gasteiger partial charge in [0.25, 0.3) is 5.91 Å². The minimum atomic E-state index is -0.0510. The van der Waals surface area contributed by atoms with Crippen LogP contribution in [0.2, 0.25) is 0 Å². The molecule has 1 aliphatic rings. The summed E-state index contributed by atoms with van der Waals surface area (Å²) in [5.74, 6) is -0.0510. The Bertz CT molecular complexity index is 805. The van der Waals surface area contributed by atoms with Gasteiger partial charge in [-0.3, -0.25) is 9.69 Å². The SMILES string of the molecule is Cc1cccc(N2C(=O)C(=Cc3cccn3C)SC2=S)c1C. The van der Waals surface area contributed by atoms with E-state index in [0.717, 1.165) is 22.5 Å². The molecule has 2 aromatic rings. The van der Waals surface area contributed by atoms with E-state index in [4.69, 9.17) is 12.2 Å². The predicted octanol–water partition coefficient (Wildman–Crippen LogP) is 4.05. The van der Waals surface area contributed by atoms with Crippen LogP contribution in [0.25, 0.3) is 6.08 Å². The van der Waals surface area contributed by atoms with Crippen LogP contribution in [0.15, 0.2) is 41.4 Å². The summed E-state index contributed by atoms with van der Waals surface area (Å²) in [7, 11) is 1.96. The normalized spacial score (nSPS) is 16.9. The number of aryl methyl sites for hydroxylation is 2. The van der Waals surface area contributed by atoms with Gasteiger partial charge in [-0.1, -0.05) is 36.1 Å². The lowest BCUT2D eigenvalue weighted by Crippen LogP contribution is -2.28. The smallest absolute Gasteiger partial charge is 0.270 e. The van der Waals surface area contributed by atoms with E-state index in [1.54, 1.807) is 4.90 Å². The molecule has 5 heteroatoms. The fourth-order valence-electron chi connectivity index (χ4n) is 2.41. The Hall–Kier alpha value is -1.85. The molecule has 1 saturated heterocycles. The van der Waals surface area contributed by atoms with E-state index in [9.17, 15) is 4.79 Å². The molecule has 3 rings (SSSR count). The average molecular weight is 328 g/mol. The van der Waals surface area contributed by atoms with Crippen molar-refractivity contribution in [3.63, 3.8) is 0 Å². The fourth-order valence-corrected chi connectivity index (χ4v) is 3.68. The minimum Gasteiger partial charge on any atom is -0.351 e. The maximum Gasteiger partial charge on any atom is 0.270 e. The number of aromatic nitrogens is 1. The first-order valence-corrected chi connectivity index (χ1v) is 8.17. The lowest BCUT2D eigenvalue weighted by atomic mass is 10.1. The molecular formula is C17H16N2OS2. The van der Waals surface area contributed by atoms with Gasteiger partial charge in [0.2, 0.25) is 0 Å². The third kappa shape index (κ3) is 2.51. The molecule has 3 nitrogen and oxygen atoms in total. The summed E-state index contributed by atoms with van der Waals surface area (Å²) in [6.45, 7) is 4.06. The number of benzene rings is 1. The Morgan fingerprint density at radius 1 is 1.18 bits per heavy atom. The van der Waals surface area contributed by atoms with Gasteiger partial charge in [0.15, 0.2) is 4.32 Å². The molecule has 0 bridgehead atoms. The summed E-state index contributed by atoms with van der Waals surface area (Å²) in [4.78, 5) is 15.1. The fraction of sp³-hybridized carbons (Fsp3) is 0.176. The van der Waals surface area contributed by atoms with Crippen molar-refractivity contribution in [2.24, 2.45) is 7.05 Å². The van der Waals surface area contributed by atoms with Gasteiger partial charge < -0.3 is 4.57 Å². The number of hydrogen-bond acceptors (Lipinski definition) is 3. The molecule has 1 aliphatic heterocycles. The summed E-state index contributed by atoms with van der Waals surface area (Å²) in [6, 6.07) is 9.87. The number of carbonyl (C=O) groups is 1. The molecule has 1 aromatic carbocycles. The Kier molecular flexibility index (Phi) is 3.93. The predicted molar refractivity (Wildman–Crippen MR) is 97.0 cm³/mol. The number of carbonyl (C=O) groups excluding carboxylic acids is 1. The van der Waals surface area contributed by atoms with Crippen LogP contribution in [-0.2, 0) is 11.8 Å². The van der Waals surface area contributed by atoms with Crippen LogP contribution in [0.4, 0.5) is 5.69 Å². The Balaban J connectivity index is 2.01. The van der Waals surface area contributed by atoms with Gasteiger partial charge in [-0.05, 0) is 49.2 Å². The van der Waals surface area contributed by atoms with Crippen molar-refractivity contribution in [1.29, 1.82) is 0 Å². The van der Waals surface area contributed by atoms with Crippen LogP contribution < -0.4 is 4.90 Å². The minimum absolute atomic E-state index is 0.0510. The molecule has 0 unspecified atom stereocenters. The summed E-state index contributed by atoms with van der Waals surface area (Å²) in [6.07, 6.45) is 3.85. The van der Waals surface area contributed by atoms with Gasteiger partial charge >= 0.3 is 0 Å². The van der Waals surface area contributed by atoms with Gasteiger partial charge in [-0.15, -0.1) is 0 Å². The average Bonchev–Trinajstić information content (AvgIpc) is 2.99. The van der Waals surface area contributed by atoms with Gasteiger partial charge in [-0.25, -0.2) is 0 Å². The van der Waals surface area contributed by atoms with E-state index in [-0.39, 0.29) is 5.91 Å². The third-order valence-electron chi connectivity index (χ3n) is 3.87. The summed E-state index contributed by atoms with van der Waals surface area (Å²) >= 11 is 6.78. The van der Waals surface area contributed by atoms with Crippen LogP contribution >= 0.6 is 24.0 Å². The monoisotopic (exact) mass is 328 g/mol. The van der Waals surface area contributed by atoms with Crippen LogP contribution in [0, 0.1) is 13.8 Å². The second kappa shape index (κ2) is 5.74. The van der Waals surface area contributed by atoms with E-state index in [1.165, 1.54) is 11.8 Å². The van der Waals surface area contributed by atoms with Crippen molar-refractivity contribution < 1.29 is 4.79 Å². The van der Waals surface area contributed by atoms with Gasteiger partial charge in [0.1, 0.15) is 0 Å². The largest absolute Gasteiger partial charge is 0.351 e. The Labute approximate surface area is 139 Å². The first-order chi connectivity index (χ1) is 10.5. The zero-order valence-electron chi connectivity index (χ0n) is 12.7. The quantitative estimate of drug-likeness (QED) is 0.614. The molecule has 1 aromatic heterocycles. The van der Waals surface area contributed by atoms with Crippen molar-refractivity contribution in [2.45, 2.75) is 13.8 Å². The Morgan fingerprint density at radius 3 is 2.64 bits per heavy atom. The van der Waals surface area contributed by atoms with E-state index in [2.05, 4.69) is 0 Å². The summed E-state index contributed by atoms with van der Waals surface area (Å²) in [5, 5.41) is 0. The highest BCUT2D eigenvalue weighted by Crippen LogP contribution is 2.37. The van der Waals surface area contributed by atoms with E-state index >= 15 is 0 Å². The molecule has 0 N–H and O–H groups in total. The highest BCUT2D eigenvalue weighted by Gasteiger charge is 2.34. The molecule has 22 heavy (non-hydrogen) atoms. The number of nitrogens with zero attached hydrogens (tertiary/aromatic N) is 2. The van der Waals surface area contributed by atoms with Gasteiger partial charge in [0.05, 0.1) is 10.6 Å². The molecule has 0 aliphatic carbocycles. The Morgan fingerprint density at radius 2 is 1.95 bits per heavy atom. The highest BCUT2D eigenvalue weighted by atomic mass is 32.2. The van der Waals surface area contributed by atoms with Crippen LogP contribution in [0.5, 0.6) is 0 Å². The third-order valence-corrected chi connectivity index (χ3v) is 5.18. The number of amides is 1. The van der Waals surface area contributed by atoms with Gasteiger partial charge in [0, 0.05) is 18.9 Å². The molecule has 0 radical (unpaired) electrons. The van der Waals surface area contributed by atoms with Gasteiger partial charge in [-0.2, -0.15) is 0 Å². The van der Waals surface area contributed by atoms with E-state index < -0.39 is 0 Å². The molecule has 0 spiro atoms. The zero-order chi connectivity index (χ0) is 15.9. The van der Waals surface area contributed by atoms with Crippen molar-refractivity contribution in [3.8, 4) is 0 Å². The molecule has 112 valence electrons. The van der Waals surface area contributed by atoms with Crippen molar-refractivity contribution in [2.75, 3.05) is 4.90 Å². The molecule has 1 amide bonds.